The van der Waals surface area contributed by atoms with Gasteiger partial charge in [0.1, 0.15) is 0 Å². The van der Waals surface area contributed by atoms with Crippen LogP contribution in [0.4, 0.5) is 0 Å². The fraction of sp³-hybridized carbons (Fsp3) is 0.467. The van der Waals surface area contributed by atoms with Crippen LogP contribution in [0, 0.1) is 5.92 Å². The molecule has 0 radical (unpaired) electrons. The maximum absolute atomic E-state index is 12.5. The first-order chi connectivity index (χ1) is 8.79. The quantitative estimate of drug-likeness (QED) is 0.659. The highest BCUT2D eigenvalue weighted by atomic mass is 16.2. The Morgan fingerprint density at radius 1 is 1.11 bits per heavy atom. The third-order valence-electron chi connectivity index (χ3n) is 4.65. The van der Waals surface area contributed by atoms with E-state index in [-0.39, 0.29) is 16.7 Å². The summed E-state index contributed by atoms with van der Waals surface area (Å²) < 4.78 is 2.78. The zero-order valence-electron chi connectivity index (χ0n) is 11.9. The van der Waals surface area contributed by atoms with Crippen LogP contribution in [0.5, 0.6) is 0 Å². The van der Waals surface area contributed by atoms with Gasteiger partial charge in [0.2, 0.25) is 0 Å². The van der Waals surface area contributed by atoms with Gasteiger partial charge < -0.3 is 0 Å². The molecule has 0 aromatic carbocycles. The van der Waals surface area contributed by atoms with Crippen molar-refractivity contribution in [3.05, 3.63) is 49.3 Å². The summed E-state index contributed by atoms with van der Waals surface area (Å²) in [6, 6.07) is 0. The van der Waals surface area contributed by atoms with Crippen molar-refractivity contribution in [2.24, 2.45) is 20.0 Å². The second-order valence-corrected chi connectivity index (χ2v) is 5.96. The number of allylic oxidation sites excluding steroid dienone is 3. The Bertz CT molecular complexity index is 777. The van der Waals surface area contributed by atoms with E-state index in [2.05, 4.69) is 26.8 Å². The molecule has 4 nitrogen and oxygen atoms in total. The van der Waals surface area contributed by atoms with Gasteiger partial charge in [0.15, 0.2) is 0 Å². The van der Waals surface area contributed by atoms with Crippen LogP contribution in [-0.4, -0.2) is 9.13 Å². The van der Waals surface area contributed by atoms with Crippen LogP contribution in [0.3, 0.4) is 0 Å². The molecule has 2 aliphatic carbocycles. The SMILES string of the molecule is CC1=Cc2c(c(=O)n(C)c(=O)n2C)C2(C)C=C(C)C12. The molecule has 0 aliphatic heterocycles. The first kappa shape index (κ1) is 12.2. The van der Waals surface area contributed by atoms with Crippen LogP contribution in [0.15, 0.2) is 26.8 Å². The Morgan fingerprint density at radius 3 is 2.32 bits per heavy atom. The van der Waals surface area contributed by atoms with Crippen LogP contribution in [0.1, 0.15) is 32.0 Å². The summed E-state index contributed by atoms with van der Waals surface area (Å²) in [4.78, 5) is 24.5. The van der Waals surface area contributed by atoms with E-state index in [4.69, 9.17) is 0 Å². The average Bonchev–Trinajstić information content (AvgIpc) is 2.31. The van der Waals surface area contributed by atoms with Gasteiger partial charge in [-0.2, -0.15) is 0 Å². The number of hydrogen-bond donors (Lipinski definition) is 0. The predicted molar refractivity (Wildman–Crippen MR) is 75.2 cm³/mol. The van der Waals surface area contributed by atoms with Crippen molar-refractivity contribution in [1.82, 2.24) is 9.13 Å². The molecule has 19 heavy (non-hydrogen) atoms. The van der Waals surface area contributed by atoms with Crippen LogP contribution in [0.2, 0.25) is 0 Å². The molecular weight excluding hydrogens is 240 g/mol. The number of rotatable bonds is 0. The van der Waals surface area contributed by atoms with Crippen LogP contribution in [0.25, 0.3) is 6.08 Å². The first-order valence-electron chi connectivity index (χ1n) is 6.47. The Morgan fingerprint density at radius 2 is 1.74 bits per heavy atom. The summed E-state index contributed by atoms with van der Waals surface area (Å²) in [7, 11) is 3.27. The van der Waals surface area contributed by atoms with E-state index in [1.165, 1.54) is 15.7 Å². The number of hydrogen-bond acceptors (Lipinski definition) is 2. The van der Waals surface area contributed by atoms with Crippen LogP contribution < -0.4 is 11.2 Å². The van der Waals surface area contributed by atoms with E-state index in [0.717, 1.165) is 11.3 Å². The molecule has 1 aromatic heterocycles. The van der Waals surface area contributed by atoms with Gasteiger partial charge >= 0.3 is 5.69 Å². The Labute approximate surface area is 111 Å². The van der Waals surface area contributed by atoms with Gasteiger partial charge in [0.05, 0.1) is 11.3 Å². The topological polar surface area (TPSA) is 44.0 Å². The summed E-state index contributed by atoms with van der Waals surface area (Å²) >= 11 is 0. The minimum Gasteiger partial charge on any atom is -0.297 e. The number of aromatic nitrogens is 2. The molecule has 2 atom stereocenters. The van der Waals surface area contributed by atoms with Crippen molar-refractivity contribution in [3.8, 4) is 0 Å². The van der Waals surface area contributed by atoms with Gasteiger partial charge in [-0.3, -0.25) is 13.9 Å². The molecule has 2 unspecified atom stereocenters. The van der Waals surface area contributed by atoms with Crippen molar-refractivity contribution >= 4 is 6.08 Å². The Hall–Kier alpha value is -1.84. The normalized spacial score (nSPS) is 27.9. The van der Waals surface area contributed by atoms with Gasteiger partial charge in [0, 0.05) is 25.4 Å². The Kier molecular flexibility index (Phi) is 2.17. The minimum atomic E-state index is -0.269. The van der Waals surface area contributed by atoms with Crippen molar-refractivity contribution < 1.29 is 0 Å². The largest absolute Gasteiger partial charge is 0.330 e. The molecule has 0 N–H and O–H groups in total. The standard InChI is InChI=1S/C15H18N2O2/c1-8-6-10-12(15(3)7-9(2)11(8)15)13(18)17(5)14(19)16(10)4/h6-7,11H,1-5H3. The molecule has 0 saturated carbocycles. The summed E-state index contributed by atoms with van der Waals surface area (Å²) in [6.07, 6.45) is 4.14. The van der Waals surface area contributed by atoms with E-state index >= 15 is 0 Å². The zero-order valence-corrected chi connectivity index (χ0v) is 11.9. The molecule has 0 fully saturated rings. The van der Waals surface area contributed by atoms with E-state index in [0.29, 0.717) is 5.92 Å². The van der Waals surface area contributed by atoms with Gasteiger partial charge in [-0.05, 0) is 19.9 Å². The fourth-order valence-electron chi connectivity index (χ4n) is 3.90. The predicted octanol–water partition coefficient (Wildman–Crippen LogP) is 1.33. The third kappa shape index (κ3) is 1.24. The molecule has 2 aliphatic rings. The molecule has 0 bridgehead atoms. The summed E-state index contributed by atoms with van der Waals surface area (Å²) in [5, 5.41) is 0. The summed E-state index contributed by atoms with van der Waals surface area (Å²) in [6.45, 7) is 6.26. The molecule has 1 aromatic rings. The first-order valence-corrected chi connectivity index (χ1v) is 6.47. The number of fused-ring (bicyclic) bond motifs is 3. The zero-order chi connectivity index (χ0) is 14.1. The van der Waals surface area contributed by atoms with E-state index in [1.807, 2.05) is 6.08 Å². The molecule has 0 amide bonds. The molecule has 0 spiro atoms. The molecule has 4 heteroatoms. The van der Waals surface area contributed by atoms with Crippen molar-refractivity contribution in [3.63, 3.8) is 0 Å². The van der Waals surface area contributed by atoms with Crippen LogP contribution >= 0.6 is 0 Å². The lowest BCUT2D eigenvalue weighted by atomic mass is 9.55. The maximum atomic E-state index is 12.5. The van der Waals surface area contributed by atoms with Gasteiger partial charge in [-0.15, -0.1) is 0 Å². The lowest BCUT2D eigenvalue weighted by molar-refractivity contribution is 0.384. The van der Waals surface area contributed by atoms with Crippen LogP contribution in [-0.2, 0) is 19.5 Å². The lowest BCUT2D eigenvalue weighted by Gasteiger charge is -2.48. The van der Waals surface area contributed by atoms with Crippen molar-refractivity contribution in [1.29, 1.82) is 0 Å². The van der Waals surface area contributed by atoms with E-state index < -0.39 is 0 Å². The third-order valence-corrected chi connectivity index (χ3v) is 4.65. The number of nitrogens with zero attached hydrogens (tertiary/aromatic N) is 2. The molecule has 100 valence electrons. The van der Waals surface area contributed by atoms with Crippen molar-refractivity contribution in [2.45, 2.75) is 26.2 Å². The second kappa shape index (κ2) is 3.38. The highest BCUT2D eigenvalue weighted by Crippen LogP contribution is 2.53. The second-order valence-electron chi connectivity index (χ2n) is 5.96. The van der Waals surface area contributed by atoms with Crippen molar-refractivity contribution in [2.75, 3.05) is 0 Å². The van der Waals surface area contributed by atoms with E-state index in [1.54, 1.807) is 18.7 Å². The Balaban J connectivity index is 2.50. The average molecular weight is 258 g/mol. The summed E-state index contributed by atoms with van der Waals surface area (Å²) in [5.41, 5.74) is 3.33. The lowest BCUT2D eigenvalue weighted by Crippen LogP contribution is -2.51. The monoisotopic (exact) mass is 258 g/mol. The molecule has 1 heterocycles. The molecule has 3 rings (SSSR count). The molecular formula is C15H18N2O2. The summed E-state index contributed by atoms with van der Waals surface area (Å²) in [5.74, 6) is 0.296. The fourth-order valence-corrected chi connectivity index (χ4v) is 3.90. The van der Waals surface area contributed by atoms with Gasteiger partial charge in [-0.1, -0.05) is 24.1 Å². The van der Waals surface area contributed by atoms with Gasteiger partial charge in [-0.25, -0.2) is 4.79 Å². The maximum Gasteiger partial charge on any atom is 0.330 e. The minimum absolute atomic E-state index is 0.168. The molecule has 0 saturated heterocycles. The van der Waals surface area contributed by atoms with E-state index in [9.17, 15) is 9.59 Å². The van der Waals surface area contributed by atoms with Gasteiger partial charge in [0.25, 0.3) is 5.56 Å². The smallest absolute Gasteiger partial charge is 0.297 e. The highest BCUT2D eigenvalue weighted by Gasteiger charge is 2.49. The highest BCUT2D eigenvalue weighted by molar-refractivity contribution is 5.66.